The lowest BCUT2D eigenvalue weighted by atomic mass is 9.79. The van der Waals surface area contributed by atoms with E-state index >= 15 is 0 Å². The van der Waals surface area contributed by atoms with Crippen LogP contribution < -0.4 is 0 Å². The maximum absolute atomic E-state index is 11.5. The smallest absolute Gasteiger partial charge is 0.219 e. The van der Waals surface area contributed by atoms with E-state index in [4.69, 9.17) is 0 Å². The number of carbonyl (C=O) groups excluding carboxylic acids is 2. The number of amides is 1. The monoisotopic (exact) mass is 195 g/mol. The fourth-order valence-electron chi connectivity index (χ4n) is 3.03. The summed E-state index contributed by atoms with van der Waals surface area (Å²) in [5.74, 6) is 0.474. The second-order valence-electron chi connectivity index (χ2n) is 4.57. The molecule has 3 heteroatoms. The van der Waals surface area contributed by atoms with Gasteiger partial charge in [0.05, 0.1) is 0 Å². The Hall–Kier alpha value is -0.860. The van der Waals surface area contributed by atoms with Gasteiger partial charge in [-0.1, -0.05) is 0 Å². The first kappa shape index (κ1) is 9.69. The van der Waals surface area contributed by atoms with Gasteiger partial charge in [0.25, 0.3) is 0 Å². The van der Waals surface area contributed by atoms with Crippen molar-refractivity contribution in [1.29, 1.82) is 0 Å². The van der Waals surface area contributed by atoms with Crippen molar-refractivity contribution in [3.05, 3.63) is 0 Å². The van der Waals surface area contributed by atoms with Gasteiger partial charge < -0.3 is 4.90 Å². The Labute approximate surface area is 84.5 Å². The van der Waals surface area contributed by atoms with Crippen molar-refractivity contribution in [2.24, 2.45) is 0 Å². The molecule has 2 rings (SSSR count). The topological polar surface area (TPSA) is 37.4 Å². The summed E-state index contributed by atoms with van der Waals surface area (Å²) in [5, 5.41) is 0. The molecule has 3 nitrogen and oxygen atoms in total. The van der Waals surface area contributed by atoms with E-state index in [2.05, 4.69) is 0 Å². The van der Waals surface area contributed by atoms with E-state index in [-0.39, 0.29) is 11.4 Å². The highest BCUT2D eigenvalue weighted by Gasteiger charge is 2.45. The number of ketones is 1. The lowest BCUT2D eigenvalue weighted by molar-refractivity contribution is -0.136. The van der Waals surface area contributed by atoms with E-state index in [1.54, 1.807) is 6.92 Å². The molecule has 0 N–H and O–H groups in total. The molecule has 1 atom stereocenters. The summed E-state index contributed by atoms with van der Waals surface area (Å²) in [6, 6.07) is 0. The van der Waals surface area contributed by atoms with Gasteiger partial charge in [-0.3, -0.25) is 9.59 Å². The third-order valence-electron chi connectivity index (χ3n) is 3.60. The summed E-state index contributed by atoms with van der Waals surface area (Å²) < 4.78 is 0. The summed E-state index contributed by atoms with van der Waals surface area (Å²) >= 11 is 0. The highest BCUT2D eigenvalue weighted by molar-refractivity contribution is 5.82. The van der Waals surface area contributed by atoms with Crippen LogP contribution in [0.1, 0.15) is 45.4 Å². The lowest BCUT2D eigenvalue weighted by Gasteiger charge is -2.40. The Balaban J connectivity index is 2.20. The van der Waals surface area contributed by atoms with E-state index in [0.717, 1.165) is 32.2 Å². The van der Waals surface area contributed by atoms with Crippen LogP contribution in [-0.4, -0.2) is 28.7 Å². The van der Waals surface area contributed by atoms with Crippen molar-refractivity contribution in [2.45, 2.75) is 51.0 Å². The quantitative estimate of drug-likeness (QED) is 0.587. The largest absolute Gasteiger partial charge is 0.337 e. The van der Waals surface area contributed by atoms with Crippen molar-refractivity contribution < 1.29 is 9.59 Å². The van der Waals surface area contributed by atoms with Crippen LogP contribution in [0, 0.1) is 0 Å². The molecular weight excluding hydrogens is 178 g/mol. The molecule has 1 saturated heterocycles. The fraction of sp³-hybridized carbons (Fsp3) is 0.818. The summed E-state index contributed by atoms with van der Waals surface area (Å²) in [4.78, 5) is 24.8. The Bertz CT molecular complexity index is 274. The summed E-state index contributed by atoms with van der Waals surface area (Å²) in [7, 11) is 0. The molecule has 1 saturated carbocycles. The molecule has 1 spiro atoms. The van der Waals surface area contributed by atoms with Gasteiger partial charge in [0.15, 0.2) is 0 Å². The van der Waals surface area contributed by atoms with Gasteiger partial charge in [-0.2, -0.15) is 0 Å². The summed E-state index contributed by atoms with van der Waals surface area (Å²) in [6.07, 6.45) is 5.40. The van der Waals surface area contributed by atoms with Crippen LogP contribution in [0.15, 0.2) is 0 Å². The first-order chi connectivity index (χ1) is 6.64. The molecule has 0 aromatic heterocycles. The molecule has 1 amide bonds. The van der Waals surface area contributed by atoms with Crippen molar-refractivity contribution in [1.82, 2.24) is 4.90 Å². The summed E-state index contributed by atoms with van der Waals surface area (Å²) in [6.45, 7) is 2.47. The molecule has 0 aromatic rings. The number of hydrogen-bond donors (Lipinski definition) is 0. The maximum atomic E-state index is 11.5. The molecule has 0 aromatic carbocycles. The molecule has 1 heterocycles. The molecular formula is C11H17NO2. The molecule has 1 aliphatic carbocycles. The zero-order valence-corrected chi connectivity index (χ0v) is 8.71. The first-order valence-electron chi connectivity index (χ1n) is 5.44. The average molecular weight is 195 g/mol. The van der Waals surface area contributed by atoms with Crippen LogP contribution in [0.5, 0.6) is 0 Å². The van der Waals surface area contributed by atoms with Crippen molar-refractivity contribution in [3.8, 4) is 0 Å². The normalized spacial score (nSPS) is 32.6. The second-order valence-corrected chi connectivity index (χ2v) is 4.57. The third-order valence-corrected chi connectivity index (χ3v) is 3.60. The highest BCUT2D eigenvalue weighted by atomic mass is 16.2. The van der Waals surface area contributed by atoms with Crippen molar-refractivity contribution in [2.75, 3.05) is 6.54 Å². The van der Waals surface area contributed by atoms with E-state index < -0.39 is 0 Å². The SMILES string of the molecule is CC(=O)N1CCCC12CCCC(=O)C2. The molecule has 0 bridgehead atoms. The predicted octanol–water partition coefficient (Wildman–Crippen LogP) is 1.51. The van der Waals surface area contributed by atoms with Crippen LogP contribution >= 0.6 is 0 Å². The van der Waals surface area contributed by atoms with Gasteiger partial charge in [-0.25, -0.2) is 0 Å². The van der Waals surface area contributed by atoms with Gasteiger partial charge in [0, 0.05) is 31.8 Å². The molecule has 14 heavy (non-hydrogen) atoms. The number of Topliss-reactive ketones (excluding diaryl/α,β-unsaturated/α-hetero) is 1. The van der Waals surface area contributed by atoms with Crippen LogP contribution in [0.3, 0.4) is 0 Å². The van der Waals surface area contributed by atoms with Crippen molar-refractivity contribution in [3.63, 3.8) is 0 Å². The number of carbonyl (C=O) groups is 2. The van der Waals surface area contributed by atoms with Crippen LogP contribution in [-0.2, 0) is 9.59 Å². The van der Waals surface area contributed by atoms with Gasteiger partial charge in [-0.05, 0) is 25.7 Å². The molecule has 1 aliphatic heterocycles. The maximum Gasteiger partial charge on any atom is 0.219 e. The Morgan fingerprint density at radius 2 is 2.07 bits per heavy atom. The molecule has 78 valence electrons. The zero-order chi connectivity index (χ0) is 10.2. The number of nitrogens with zero attached hydrogens (tertiary/aromatic N) is 1. The molecule has 2 fully saturated rings. The molecule has 1 unspecified atom stereocenters. The van der Waals surface area contributed by atoms with E-state index in [9.17, 15) is 9.59 Å². The molecule has 2 aliphatic rings. The van der Waals surface area contributed by atoms with Gasteiger partial charge in [0.1, 0.15) is 5.78 Å². The van der Waals surface area contributed by atoms with E-state index in [0.29, 0.717) is 18.6 Å². The Morgan fingerprint density at radius 3 is 2.71 bits per heavy atom. The Morgan fingerprint density at radius 1 is 1.36 bits per heavy atom. The predicted molar refractivity (Wildman–Crippen MR) is 52.8 cm³/mol. The minimum absolute atomic E-state index is 0.0822. The summed E-state index contributed by atoms with van der Waals surface area (Å²) in [5.41, 5.74) is -0.0822. The lowest BCUT2D eigenvalue weighted by Crippen LogP contribution is -2.49. The minimum atomic E-state index is -0.0822. The van der Waals surface area contributed by atoms with Gasteiger partial charge >= 0.3 is 0 Å². The number of rotatable bonds is 0. The van der Waals surface area contributed by atoms with Gasteiger partial charge in [-0.15, -0.1) is 0 Å². The fourth-order valence-corrected chi connectivity index (χ4v) is 3.03. The third kappa shape index (κ3) is 1.45. The Kier molecular flexibility index (Phi) is 2.33. The number of likely N-dealkylation sites (tertiary alicyclic amines) is 1. The van der Waals surface area contributed by atoms with Crippen LogP contribution in [0.25, 0.3) is 0 Å². The second kappa shape index (κ2) is 3.37. The van der Waals surface area contributed by atoms with Crippen LogP contribution in [0.4, 0.5) is 0 Å². The van der Waals surface area contributed by atoms with E-state index in [1.165, 1.54) is 0 Å². The average Bonchev–Trinajstić information content (AvgIpc) is 2.48. The van der Waals surface area contributed by atoms with Gasteiger partial charge in [0.2, 0.25) is 5.91 Å². The van der Waals surface area contributed by atoms with Crippen molar-refractivity contribution >= 4 is 11.7 Å². The standard InChI is InChI=1S/C11H17NO2/c1-9(13)12-7-3-6-11(12)5-2-4-10(14)8-11/h2-8H2,1H3. The zero-order valence-electron chi connectivity index (χ0n) is 8.71. The number of hydrogen-bond acceptors (Lipinski definition) is 2. The minimum Gasteiger partial charge on any atom is -0.337 e. The van der Waals surface area contributed by atoms with E-state index in [1.807, 2.05) is 4.90 Å². The highest BCUT2D eigenvalue weighted by Crippen LogP contribution is 2.40. The first-order valence-corrected chi connectivity index (χ1v) is 5.44. The molecule has 0 radical (unpaired) electrons. The van der Waals surface area contributed by atoms with Crippen LogP contribution in [0.2, 0.25) is 0 Å².